The van der Waals surface area contributed by atoms with Crippen molar-refractivity contribution in [3.63, 3.8) is 0 Å². The maximum Gasteiger partial charge on any atom is 0.237 e. The van der Waals surface area contributed by atoms with Gasteiger partial charge in [-0.3, -0.25) is 4.79 Å². The number of nitrogens with one attached hydrogen (secondary N) is 1. The van der Waals surface area contributed by atoms with Gasteiger partial charge in [0.05, 0.1) is 19.1 Å². The van der Waals surface area contributed by atoms with Gasteiger partial charge in [-0.2, -0.15) is 5.10 Å². The summed E-state index contributed by atoms with van der Waals surface area (Å²) in [7, 11) is 0. The van der Waals surface area contributed by atoms with Crippen LogP contribution in [0.4, 0.5) is 0 Å². The van der Waals surface area contributed by atoms with Gasteiger partial charge in [0.1, 0.15) is 12.2 Å². The van der Waals surface area contributed by atoms with Crippen molar-refractivity contribution in [2.45, 2.75) is 44.3 Å². The topological polar surface area (TPSA) is 63.1 Å². The highest BCUT2D eigenvalue weighted by Gasteiger charge is 2.30. The molecule has 2 aromatic heterocycles. The fraction of sp³-hybridized carbons (Fsp3) is 0.562. The smallest absolute Gasteiger partial charge is 0.237 e. The zero-order chi connectivity index (χ0) is 15.6. The molecule has 1 saturated heterocycles. The molecule has 23 heavy (non-hydrogen) atoms. The van der Waals surface area contributed by atoms with Gasteiger partial charge in [0, 0.05) is 23.9 Å². The molecule has 2 aliphatic rings. The average Bonchev–Trinajstić information content (AvgIpc) is 3.32. The van der Waals surface area contributed by atoms with Crippen LogP contribution in [0.2, 0.25) is 0 Å². The van der Waals surface area contributed by atoms with E-state index in [2.05, 4.69) is 32.9 Å². The van der Waals surface area contributed by atoms with Gasteiger partial charge in [0.25, 0.3) is 0 Å². The highest BCUT2D eigenvalue weighted by molar-refractivity contribution is 7.10. The van der Waals surface area contributed by atoms with E-state index in [0.717, 1.165) is 44.6 Å². The third-order valence-electron chi connectivity index (χ3n) is 4.79. The molecule has 0 saturated carbocycles. The summed E-state index contributed by atoms with van der Waals surface area (Å²) in [5.74, 6) is 1.26. The fourth-order valence-electron chi connectivity index (χ4n) is 3.58. The summed E-state index contributed by atoms with van der Waals surface area (Å²) >= 11 is 1.75. The average molecular weight is 331 g/mol. The zero-order valence-corrected chi connectivity index (χ0v) is 13.8. The molecule has 2 aliphatic heterocycles. The van der Waals surface area contributed by atoms with E-state index in [4.69, 9.17) is 0 Å². The van der Waals surface area contributed by atoms with E-state index >= 15 is 0 Å². The van der Waals surface area contributed by atoms with Crippen molar-refractivity contribution in [2.24, 2.45) is 0 Å². The van der Waals surface area contributed by atoms with Gasteiger partial charge in [0.15, 0.2) is 0 Å². The normalized spacial score (nSPS) is 23.9. The number of hydrogen-bond donors (Lipinski definition) is 1. The van der Waals surface area contributed by atoms with Gasteiger partial charge >= 0.3 is 0 Å². The van der Waals surface area contributed by atoms with E-state index in [9.17, 15) is 4.79 Å². The lowest BCUT2D eigenvalue weighted by molar-refractivity contribution is -0.131. The van der Waals surface area contributed by atoms with Gasteiger partial charge in [-0.1, -0.05) is 6.07 Å². The lowest BCUT2D eigenvalue weighted by Crippen LogP contribution is -2.44. The summed E-state index contributed by atoms with van der Waals surface area (Å²) in [6.45, 7) is 2.09. The summed E-state index contributed by atoms with van der Waals surface area (Å²) in [6, 6.07) is 4.78. The molecule has 0 aliphatic carbocycles. The molecule has 6 nitrogen and oxygen atoms in total. The predicted molar refractivity (Wildman–Crippen MR) is 88.1 cm³/mol. The number of hydrogen-bond acceptors (Lipinski definition) is 5. The molecule has 0 radical (unpaired) electrons. The van der Waals surface area contributed by atoms with Crippen LogP contribution in [-0.2, 0) is 17.8 Å². The minimum Gasteiger partial charge on any atom is -0.334 e. The standard InChI is InChI=1S/C16H21N5OS/c22-16(20-7-1-3-13(20)14-4-2-8-23-14)9-17-12-5-6-15-18-11-19-21(15)10-12/h2,4,8,11-13,17H,1,3,5-7,9-10H2. The van der Waals surface area contributed by atoms with Crippen LogP contribution in [0.25, 0.3) is 0 Å². The van der Waals surface area contributed by atoms with E-state index in [-0.39, 0.29) is 11.9 Å². The maximum atomic E-state index is 12.6. The Balaban J connectivity index is 1.33. The molecular formula is C16H21N5OS. The number of carbonyl (C=O) groups excluding carboxylic acids is 1. The second kappa shape index (κ2) is 6.41. The summed E-state index contributed by atoms with van der Waals surface area (Å²) in [6.07, 6.45) is 5.73. The Morgan fingerprint density at radius 2 is 2.39 bits per heavy atom. The maximum absolute atomic E-state index is 12.6. The van der Waals surface area contributed by atoms with Crippen molar-refractivity contribution in [2.75, 3.05) is 13.1 Å². The SMILES string of the molecule is O=C(CNC1CCc2ncnn2C1)N1CCCC1c1cccs1. The molecule has 0 spiro atoms. The number of likely N-dealkylation sites (tertiary alicyclic amines) is 1. The Kier molecular flexibility index (Phi) is 4.13. The van der Waals surface area contributed by atoms with E-state index in [1.54, 1.807) is 17.7 Å². The Labute approximate surface area is 139 Å². The monoisotopic (exact) mass is 331 g/mol. The molecule has 2 aromatic rings. The summed E-state index contributed by atoms with van der Waals surface area (Å²) in [5, 5.41) is 9.74. The summed E-state index contributed by atoms with van der Waals surface area (Å²) in [4.78, 5) is 20.2. The first-order chi connectivity index (χ1) is 11.3. The van der Waals surface area contributed by atoms with E-state index in [1.165, 1.54) is 4.88 Å². The van der Waals surface area contributed by atoms with Crippen LogP contribution in [0.3, 0.4) is 0 Å². The van der Waals surface area contributed by atoms with Crippen LogP contribution in [-0.4, -0.2) is 44.7 Å². The molecule has 2 unspecified atom stereocenters. The number of fused-ring (bicyclic) bond motifs is 1. The van der Waals surface area contributed by atoms with Crippen LogP contribution in [0.5, 0.6) is 0 Å². The van der Waals surface area contributed by atoms with Gasteiger partial charge < -0.3 is 10.2 Å². The first kappa shape index (κ1) is 14.8. The van der Waals surface area contributed by atoms with Gasteiger partial charge in [-0.25, -0.2) is 9.67 Å². The molecule has 1 amide bonds. The van der Waals surface area contributed by atoms with Gasteiger partial charge in [-0.15, -0.1) is 11.3 Å². The Morgan fingerprint density at radius 3 is 3.26 bits per heavy atom. The van der Waals surface area contributed by atoms with Crippen LogP contribution >= 0.6 is 11.3 Å². The van der Waals surface area contributed by atoms with Crippen molar-refractivity contribution >= 4 is 17.2 Å². The predicted octanol–water partition coefficient (Wildman–Crippen LogP) is 1.61. The highest BCUT2D eigenvalue weighted by atomic mass is 32.1. The van der Waals surface area contributed by atoms with E-state index < -0.39 is 0 Å². The van der Waals surface area contributed by atoms with Gasteiger partial charge in [0.2, 0.25) is 5.91 Å². The number of amides is 1. The van der Waals surface area contributed by atoms with Crippen molar-refractivity contribution in [1.29, 1.82) is 0 Å². The number of aromatic nitrogens is 3. The van der Waals surface area contributed by atoms with Crippen LogP contribution in [0, 0.1) is 0 Å². The Hall–Kier alpha value is -1.73. The van der Waals surface area contributed by atoms with Crippen molar-refractivity contribution < 1.29 is 4.79 Å². The molecule has 7 heteroatoms. The van der Waals surface area contributed by atoms with Crippen LogP contribution in [0.1, 0.15) is 36.0 Å². The number of rotatable bonds is 4. The second-order valence-electron chi connectivity index (χ2n) is 6.24. The largest absolute Gasteiger partial charge is 0.334 e. The van der Waals surface area contributed by atoms with E-state index in [0.29, 0.717) is 12.6 Å². The molecule has 4 rings (SSSR count). The molecule has 4 heterocycles. The number of carbonyl (C=O) groups is 1. The molecule has 2 atom stereocenters. The third kappa shape index (κ3) is 3.03. The quantitative estimate of drug-likeness (QED) is 0.924. The first-order valence-electron chi connectivity index (χ1n) is 8.24. The summed E-state index contributed by atoms with van der Waals surface area (Å²) < 4.78 is 1.94. The van der Waals surface area contributed by atoms with Gasteiger partial charge in [-0.05, 0) is 30.7 Å². The Morgan fingerprint density at radius 1 is 1.43 bits per heavy atom. The number of aryl methyl sites for hydroxylation is 1. The van der Waals surface area contributed by atoms with Crippen LogP contribution < -0.4 is 5.32 Å². The number of nitrogens with zero attached hydrogens (tertiary/aromatic N) is 4. The lowest BCUT2D eigenvalue weighted by atomic mass is 10.1. The first-order valence-corrected chi connectivity index (χ1v) is 9.12. The van der Waals surface area contributed by atoms with E-state index in [1.807, 2.05) is 9.58 Å². The molecule has 1 N–H and O–H groups in total. The van der Waals surface area contributed by atoms with Crippen molar-refractivity contribution in [3.8, 4) is 0 Å². The third-order valence-corrected chi connectivity index (χ3v) is 5.77. The minimum absolute atomic E-state index is 0.213. The fourth-order valence-corrected chi connectivity index (χ4v) is 4.45. The zero-order valence-electron chi connectivity index (χ0n) is 13.0. The molecule has 122 valence electrons. The van der Waals surface area contributed by atoms with Crippen molar-refractivity contribution in [1.82, 2.24) is 25.0 Å². The highest BCUT2D eigenvalue weighted by Crippen LogP contribution is 2.34. The molecule has 0 bridgehead atoms. The Bertz CT molecular complexity index is 668. The summed E-state index contributed by atoms with van der Waals surface area (Å²) in [5.41, 5.74) is 0. The van der Waals surface area contributed by atoms with Crippen molar-refractivity contribution in [3.05, 3.63) is 34.5 Å². The lowest BCUT2D eigenvalue weighted by Gasteiger charge is -2.27. The van der Waals surface area contributed by atoms with Crippen LogP contribution in [0.15, 0.2) is 23.8 Å². The molecular weight excluding hydrogens is 310 g/mol. The molecule has 1 fully saturated rings. The second-order valence-corrected chi connectivity index (χ2v) is 7.21. The molecule has 0 aromatic carbocycles. The minimum atomic E-state index is 0.213. The number of thiophene rings is 1.